The van der Waals surface area contributed by atoms with Gasteiger partial charge in [-0.25, -0.2) is 0 Å². The first-order valence-electron chi connectivity index (χ1n) is 10.9. The second kappa shape index (κ2) is 8.79. The van der Waals surface area contributed by atoms with E-state index in [0.717, 1.165) is 67.3 Å². The quantitative estimate of drug-likeness (QED) is 0.705. The smallest absolute Gasteiger partial charge is 0.230 e. The van der Waals surface area contributed by atoms with Gasteiger partial charge in [-0.3, -0.25) is 9.69 Å². The maximum atomic E-state index is 13.0. The van der Waals surface area contributed by atoms with Gasteiger partial charge in [-0.1, -0.05) is 12.1 Å². The fourth-order valence-electron chi connectivity index (χ4n) is 4.52. The summed E-state index contributed by atoms with van der Waals surface area (Å²) in [4.78, 5) is 15.4. The van der Waals surface area contributed by atoms with Crippen molar-refractivity contribution < 1.29 is 19.0 Å². The first kappa shape index (κ1) is 21.5. The zero-order valence-corrected chi connectivity index (χ0v) is 18.9. The summed E-state index contributed by atoms with van der Waals surface area (Å²) in [5.74, 6) is 2.52. The Morgan fingerprint density at radius 3 is 2.32 bits per heavy atom. The van der Waals surface area contributed by atoms with Crippen LogP contribution in [-0.4, -0.2) is 51.8 Å². The monoisotopic (exact) mass is 424 g/mol. The highest BCUT2D eigenvalue weighted by Crippen LogP contribution is 2.49. The first-order chi connectivity index (χ1) is 15.0. The summed E-state index contributed by atoms with van der Waals surface area (Å²) in [5, 5.41) is 3.18. The Labute approximate surface area is 184 Å². The van der Waals surface area contributed by atoms with Gasteiger partial charge in [-0.15, -0.1) is 0 Å². The first-order valence-corrected chi connectivity index (χ1v) is 10.9. The number of rotatable bonds is 8. The van der Waals surface area contributed by atoms with Gasteiger partial charge >= 0.3 is 0 Å². The predicted molar refractivity (Wildman–Crippen MR) is 120 cm³/mol. The Morgan fingerprint density at radius 2 is 1.68 bits per heavy atom. The summed E-state index contributed by atoms with van der Waals surface area (Å²) in [6.07, 6.45) is 2.75. The zero-order chi connectivity index (χ0) is 22.0. The molecule has 2 aromatic carbocycles. The van der Waals surface area contributed by atoms with E-state index in [1.807, 2.05) is 19.1 Å². The van der Waals surface area contributed by atoms with E-state index in [4.69, 9.17) is 14.2 Å². The second-order valence-corrected chi connectivity index (χ2v) is 8.52. The lowest BCUT2D eigenvalue weighted by atomic mass is 9.93. The SMILES string of the molecule is COc1cc(C2(C(=O)NCCN3CCc4cc(OC)c(OC)cc4C3)CC2)ccc1C. The van der Waals surface area contributed by atoms with Crippen molar-refractivity contribution in [1.82, 2.24) is 10.2 Å². The summed E-state index contributed by atoms with van der Waals surface area (Å²) in [7, 11) is 5.01. The third kappa shape index (κ3) is 4.22. The average Bonchev–Trinajstić information content (AvgIpc) is 3.60. The molecule has 1 saturated carbocycles. The van der Waals surface area contributed by atoms with Gasteiger partial charge in [0.2, 0.25) is 5.91 Å². The maximum absolute atomic E-state index is 13.0. The highest BCUT2D eigenvalue weighted by Gasteiger charge is 2.51. The number of nitrogens with zero attached hydrogens (tertiary/aromatic N) is 1. The number of amides is 1. The van der Waals surface area contributed by atoms with Gasteiger partial charge in [0.25, 0.3) is 0 Å². The topological polar surface area (TPSA) is 60.0 Å². The Morgan fingerprint density at radius 1 is 1.00 bits per heavy atom. The Bertz CT molecular complexity index is 968. The molecule has 0 atom stereocenters. The molecule has 4 rings (SSSR count). The fraction of sp³-hybridized carbons (Fsp3) is 0.480. The highest BCUT2D eigenvalue weighted by molar-refractivity contribution is 5.91. The van der Waals surface area contributed by atoms with E-state index in [9.17, 15) is 4.79 Å². The number of carbonyl (C=O) groups is 1. The van der Waals surface area contributed by atoms with Gasteiger partial charge in [0.1, 0.15) is 5.75 Å². The van der Waals surface area contributed by atoms with E-state index in [0.29, 0.717) is 6.54 Å². The van der Waals surface area contributed by atoms with E-state index < -0.39 is 0 Å². The van der Waals surface area contributed by atoms with Gasteiger partial charge < -0.3 is 19.5 Å². The van der Waals surface area contributed by atoms with Crippen LogP contribution in [-0.2, 0) is 23.2 Å². The van der Waals surface area contributed by atoms with Crippen molar-refractivity contribution in [3.63, 3.8) is 0 Å². The zero-order valence-electron chi connectivity index (χ0n) is 18.9. The largest absolute Gasteiger partial charge is 0.496 e. The molecule has 1 N–H and O–H groups in total. The van der Waals surface area contributed by atoms with Crippen LogP contribution in [0.2, 0.25) is 0 Å². The van der Waals surface area contributed by atoms with E-state index >= 15 is 0 Å². The van der Waals surface area contributed by atoms with Crippen molar-refractivity contribution in [2.45, 2.75) is 38.1 Å². The third-order valence-electron chi connectivity index (χ3n) is 6.66. The minimum atomic E-state index is -0.389. The van der Waals surface area contributed by atoms with Crippen LogP contribution in [0.5, 0.6) is 17.2 Å². The van der Waals surface area contributed by atoms with Gasteiger partial charge in [0.05, 0.1) is 26.7 Å². The van der Waals surface area contributed by atoms with Crippen LogP contribution in [0.3, 0.4) is 0 Å². The minimum Gasteiger partial charge on any atom is -0.496 e. The number of ether oxygens (including phenoxy) is 3. The molecule has 166 valence electrons. The molecule has 6 nitrogen and oxygen atoms in total. The van der Waals surface area contributed by atoms with Crippen molar-refractivity contribution in [2.75, 3.05) is 41.0 Å². The summed E-state index contributed by atoms with van der Waals surface area (Å²) in [6, 6.07) is 10.3. The molecule has 2 aromatic rings. The lowest BCUT2D eigenvalue weighted by molar-refractivity contribution is -0.123. The molecule has 6 heteroatoms. The molecule has 0 bridgehead atoms. The van der Waals surface area contributed by atoms with Crippen LogP contribution in [0.4, 0.5) is 0 Å². The van der Waals surface area contributed by atoms with Gasteiger partial charge in [0.15, 0.2) is 11.5 Å². The molecule has 1 amide bonds. The van der Waals surface area contributed by atoms with Crippen LogP contribution in [0.25, 0.3) is 0 Å². The van der Waals surface area contributed by atoms with Crippen molar-refractivity contribution in [2.24, 2.45) is 0 Å². The summed E-state index contributed by atoms with van der Waals surface area (Å²) < 4.78 is 16.3. The summed E-state index contributed by atoms with van der Waals surface area (Å²) in [5.41, 5.74) is 4.32. The summed E-state index contributed by atoms with van der Waals surface area (Å²) in [6.45, 7) is 5.31. The second-order valence-electron chi connectivity index (χ2n) is 8.52. The maximum Gasteiger partial charge on any atom is 0.230 e. The van der Waals surface area contributed by atoms with E-state index in [1.54, 1.807) is 21.3 Å². The molecule has 1 aliphatic carbocycles. The Kier molecular flexibility index (Phi) is 6.10. The molecular weight excluding hydrogens is 392 g/mol. The molecule has 1 aliphatic heterocycles. The average molecular weight is 425 g/mol. The van der Waals surface area contributed by atoms with Gasteiger partial charge in [0, 0.05) is 26.2 Å². The van der Waals surface area contributed by atoms with E-state index in [1.165, 1.54) is 11.1 Å². The standard InChI is InChI=1S/C25H32N2O4/c1-17-5-6-20(15-21(17)29-2)25(8-9-25)24(28)26-10-12-27-11-7-18-13-22(30-3)23(31-4)14-19(18)16-27/h5-6,13-15H,7-12,16H2,1-4H3,(H,26,28). The Balaban J connectivity index is 1.34. The third-order valence-corrected chi connectivity index (χ3v) is 6.66. The Hall–Kier alpha value is -2.73. The lowest BCUT2D eigenvalue weighted by Gasteiger charge is -2.29. The van der Waals surface area contributed by atoms with Crippen molar-refractivity contribution in [3.8, 4) is 17.2 Å². The van der Waals surface area contributed by atoms with Crippen LogP contribution in [0.15, 0.2) is 30.3 Å². The minimum absolute atomic E-state index is 0.127. The molecule has 1 fully saturated rings. The summed E-state index contributed by atoms with van der Waals surface area (Å²) >= 11 is 0. The van der Waals surface area contributed by atoms with Crippen LogP contribution in [0.1, 0.15) is 35.1 Å². The number of hydrogen-bond acceptors (Lipinski definition) is 5. The number of carbonyl (C=O) groups excluding carboxylic acids is 1. The lowest BCUT2D eigenvalue weighted by Crippen LogP contribution is -2.41. The molecule has 0 radical (unpaired) electrons. The molecule has 0 unspecified atom stereocenters. The molecule has 0 spiro atoms. The van der Waals surface area contributed by atoms with Crippen molar-refractivity contribution >= 4 is 5.91 Å². The number of aryl methyl sites for hydroxylation is 1. The number of methoxy groups -OCH3 is 3. The van der Waals surface area contributed by atoms with Crippen molar-refractivity contribution in [1.29, 1.82) is 0 Å². The van der Waals surface area contributed by atoms with E-state index in [-0.39, 0.29) is 11.3 Å². The molecule has 2 aliphatic rings. The molecule has 0 aromatic heterocycles. The number of benzene rings is 2. The number of hydrogen-bond donors (Lipinski definition) is 1. The van der Waals surface area contributed by atoms with Crippen LogP contribution < -0.4 is 19.5 Å². The molecule has 1 heterocycles. The highest BCUT2D eigenvalue weighted by atomic mass is 16.5. The fourth-order valence-corrected chi connectivity index (χ4v) is 4.52. The normalized spacial score (nSPS) is 16.9. The molecular formula is C25H32N2O4. The molecule has 31 heavy (non-hydrogen) atoms. The van der Waals surface area contributed by atoms with Crippen molar-refractivity contribution in [3.05, 3.63) is 52.6 Å². The van der Waals surface area contributed by atoms with Gasteiger partial charge in [-0.05, 0) is 66.6 Å². The molecule has 0 saturated heterocycles. The van der Waals surface area contributed by atoms with Crippen LogP contribution in [0, 0.1) is 6.92 Å². The predicted octanol–water partition coefficient (Wildman–Crippen LogP) is 3.23. The van der Waals surface area contributed by atoms with E-state index in [2.05, 4.69) is 28.4 Å². The number of fused-ring (bicyclic) bond motifs is 1. The van der Waals surface area contributed by atoms with Crippen LogP contribution >= 0.6 is 0 Å². The number of nitrogens with one attached hydrogen (secondary N) is 1. The van der Waals surface area contributed by atoms with Gasteiger partial charge in [-0.2, -0.15) is 0 Å².